The summed E-state index contributed by atoms with van der Waals surface area (Å²) in [6.07, 6.45) is 16.5. The number of carboxylic acids is 3. The molecule has 2 N–H and O–H groups in total. The van der Waals surface area contributed by atoms with Gasteiger partial charge >= 0.3 is 11.9 Å². The van der Waals surface area contributed by atoms with Crippen LogP contribution in [0.3, 0.4) is 0 Å². The van der Waals surface area contributed by atoms with Crippen LogP contribution in [0.1, 0.15) is 77.6 Å². The molecule has 0 aromatic rings. The summed E-state index contributed by atoms with van der Waals surface area (Å²) in [4.78, 5) is 33.1. The van der Waals surface area contributed by atoms with Gasteiger partial charge in [0.25, 0.3) is 0 Å². The second-order valence-electron chi connectivity index (χ2n) is 7.58. The molecular weight excluding hydrogens is 362 g/mol. The Labute approximate surface area is 168 Å². The lowest BCUT2D eigenvalue weighted by Crippen LogP contribution is -2.59. The molecule has 0 aliphatic carbocycles. The van der Waals surface area contributed by atoms with Gasteiger partial charge in [-0.3, -0.25) is 0 Å². The van der Waals surface area contributed by atoms with E-state index in [1.807, 2.05) is 6.08 Å². The van der Waals surface area contributed by atoms with Crippen LogP contribution in [-0.4, -0.2) is 58.8 Å². The number of carbonyl (C=O) groups is 3. The Morgan fingerprint density at radius 1 is 0.750 bits per heavy atom. The number of quaternary nitrogens is 1. The molecule has 0 atom stereocenters. The van der Waals surface area contributed by atoms with Crippen LogP contribution in [0.2, 0.25) is 0 Å². The van der Waals surface area contributed by atoms with Gasteiger partial charge in [-0.25, -0.2) is 9.59 Å². The lowest BCUT2D eigenvalue weighted by Gasteiger charge is -2.36. The number of hydrogen-bond donors (Lipinski definition) is 2. The maximum atomic E-state index is 11.1. The third-order valence-corrected chi connectivity index (χ3v) is 4.80. The van der Waals surface area contributed by atoms with Gasteiger partial charge in [0, 0.05) is 6.42 Å². The van der Waals surface area contributed by atoms with Gasteiger partial charge in [0.1, 0.15) is 6.54 Å². The number of hydrogen-bond acceptors (Lipinski definition) is 4. The zero-order valence-corrected chi connectivity index (χ0v) is 17.2. The predicted octanol–water partition coefficient (Wildman–Crippen LogP) is 2.59. The van der Waals surface area contributed by atoms with E-state index in [9.17, 15) is 19.5 Å². The number of carbonyl (C=O) groups excluding carboxylic acids is 1. The minimum absolute atomic E-state index is 0.175. The Morgan fingerprint density at radius 2 is 1.21 bits per heavy atom. The molecule has 0 aliphatic rings. The third kappa shape index (κ3) is 15.2. The molecule has 7 nitrogen and oxygen atoms in total. The second-order valence-corrected chi connectivity index (χ2v) is 7.58. The molecular formula is C21H37NO6. The molecule has 0 aliphatic heterocycles. The van der Waals surface area contributed by atoms with Crippen LogP contribution in [0.4, 0.5) is 0 Å². The van der Waals surface area contributed by atoms with Crippen molar-refractivity contribution in [1.82, 2.24) is 0 Å². The van der Waals surface area contributed by atoms with E-state index in [1.54, 1.807) is 0 Å². The fourth-order valence-electron chi connectivity index (χ4n) is 3.43. The molecule has 0 amide bonds. The monoisotopic (exact) mass is 399 g/mol. The summed E-state index contributed by atoms with van der Waals surface area (Å²) >= 11 is 0. The first-order valence-electron chi connectivity index (χ1n) is 10.4. The standard InChI is InChI=1S/C21H37NO6/c1-2-3-4-5-6-7-8-9-10-11-12-13-14-15-22(16-19(23)24,17-20(25)26)18-21(27)28/h11-12H,2-10,13-18H2,1H3,(H2-,23,24,25,26,27,28)/b12-11+. The van der Waals surface area contributed by atoms with Gasteiger partial charge in [-0.2, -0.15) is 0 Å². The SMILES string of the molecule is CCCCCCCCCC/C=C/CCC[N+](CC(=O)[O-])(CC(=O)O)CC(=O)O. The van der Waals surface area contributed by atoms with Gasteiger partial charge in [-0.1, -0.05) is 64.0 Å². The van der Waals surface area contributed by atoms with Crippen molar-refractivity contribution >= 4 is 17.9 Å². The highest BCUT2D eigenvalue weighted by Gasteiger charge is 2.33. The van der Waals surface area contributed by atoms with E-state index in [0.29, 0.717) is 12.8 Å². The first-order chi connectivity index (χ1) is 13.3. The first-order valence-corrected chi connectivity index (χ1v) is 10.4. The molecule has 0 aromatic heterocycles. The molecule has 0 rings (SSSR count). The Bertz CT molecular complexity index is 448. The summed E-state index contributed by atoms with van der Waals surface area (Å²) in [6, 6.07) is 0. The maximum absolute atomic E-state index is 11.1. The summed E-state index contributed by atoms with van der Waals surface area (Å²) in [5, 5.41) is 29.1. The highest BCUT2D eigenvalue weighted by Crippen LogP contribution is 2.12. The van der Waals surface area contributed by atoms with Crippen molar-refractivity contribution in [3.63, 3.8) is 0 Å². The van der Waals surface area contributed by atoms with Gasteiger partial charge in [-0.05, 0) is 19.3 Å². The van der Waals surface area contributed by atoms with E-state index in [0.717, 1.165) is 12.8 Å². The van der Waals surface area contributed by atoms with Crippen LogP contribution in [0.25, 0.3) is 0 Å². The summed E-state index contributed by atoms with van der Waals surface area (Å²) < 4.78 is -0.529. The van der Waals surface area contributed by atoms with Crippen molar-refractivity contribution in [3.8, 4) is 0 Å². The van der Waals surface area contributed by atoms with Crippen LogP contribution in [-0.2, 0) is 14.4 Å². The molecule has 0 heterocycles. The quantitative estimate of drug-likeness (QED) is 0.196. The smallest absolute Gasteiger partial charge is 0.359 e. The minimum Gasteiger partial charge on any atom is -0.544 e. The molecule has 28 heavy (non-hydrogen) atoms. The van der Waals surface area contributed by atoms with Gasteiger partial charge in [0.15, 0.2) is 13.1 Å². The molecule has 7 heteroatoms. The number of allylic oxidation sites excluding steroid dienone is 2. The molecule has 162 valence electrons. The molecule has 0 saturated heterocycles. The normalized spacial score (nSPS) is 11.8. The van der Waals surface area contributed by atoms with E-state index >= 15 is 0 Å². The molecule has 0 fully saturated rings. The Kier molecular flexibility index (Phi) is 15.0. The summed E-state index contributed by atoms with van der Waals surface area (Å²) in [7, 11) is 0. The van der Waals surface area contributed by atoms with E-state index in [2.05, 4.69) is 13.0 Å². The molecule has 0 saturated carbocycles. The second kappa shape index (κ2) is 16.1. The van der Waals surface area contributed by atoms with Crippen molar-refractivity contribution in [2.75, 3.05) is 26.2 Å². The topological polar surface area (TPSA) is 115 Å². The largest absolute Gasteiger partial charge is 0.544 e. The molecule has 0 unspecified atom stereocenters. The van der Waals surface area contributed by atoms with Crippen molar-refractivity contribution in [2.24, 2.45) is 0 Å². The van der Waals surface area contributed by atoms with Gasteiger partial charge < -0.3 is 24.6 Å². The average molecular weight is 400 g/mol. The number of nitrogens with zero attached hydrogens (tertiary/aromatic N) is 1. The van der Waals surface area contributed by atoms with E-state index < -0.39 is 42.0 Å². The molecule has 0 spiro atoms. The van der Waals surface area contributed by atoms with Crippen molar-refractivity contribution in [2.45, 2.75) is 77.6 Å². The van der Waals surface area contributed by atoms with Gasteiger partial charge in [0.05, 0.1) is 12.5 Å². The van der Waals surface area contributed by atoms with Crippen LogP contribution in [0.5, 0.6) is 0 Å². The number of carboxylic acid groups (broad SMARTS) is 3. The van der Waals surface area contributed by atoms with E-state index in [4.69, 9.17) is 10.2 Å². The van der Waals surface area contributed by atoms with Gasteiger partial charge in [0.2, 0.25) is 0 Å². The minimum atomic E-state index is -1.44. The Hall–Kier alpha value is -1.89. The predicted molar refractivity (Wildman–Crippen MR) is 106 cm³/mol. The van der Waals surface area contributed by atoms with Crippen LogP contribution < -0.4 is 5.11 Å². The van der Waals surface area contributed by atoms with Gasteiger partial charge in [-0.15, -0.1) is 0 Å². The lowest BCUT2D eigenvalue weighted by molar-refractivity contribution is -0.909. The first kappa shape index (κ1) is 26.1. The molecule has 0 bridgehead atoms. The van der Waals surface area contributed by atoms with Crippen molar-refractivity contribution < 1.29 is 34.2 Å². The molecule has 0 aromatic carbocycles. The van der Waals surface area contributed by atoms with Crippen molar-refractivity contribution in [3.05, 3.63) is 12.2 Å². The fourth-order valence-corrected chi connectivity index (χ4v) is 3.43. The van der Waals surface area contributed by atoms with Crippen LogP contribution in [0.15, 0.2) is 12.2 Å². The number of aliphatic carboxylic acids is 3. The van der Waals surface area contributed by atoms with E-state index in [1.165, 1.54) is 44.9 Å². The molecule has 0 radical (unpaired) electrons. The van der Waals surface area contributed by atoms with Crippen molar-refractivity contribution in [1.29, 1.82) is 0 Å². The van der Waals surface area contributed by atoms with Crippen LogP contribution in [0, 0.1) is 0 Å². The zero-order chi connectivity index (χ0) is 21.3. The number of unbranched alkanes of at least 4 members (excludes halogenated alkanes) is 9. The fraction of sp³-hybridized carbons (Fsp3) is 0.762. The lowest BCUT2D eigenvalue weighted by atomic mass is 10.1. The Balaban J connectivity index is 4.14. The average Bonchev–Trinajstić information content (AvgIpc) is 2.57. The highest BCUT2D eigenvalue weighted by molar-refractivity contribution is 5.72. The third-order valence-electron chi connectivity index (χ3n) is 4.80. The Morgan fingerprint density at radius 3 is 1.68 bits per heavy atom. The summed E-state index contributed by atoms with van der Waals surface area (Å²) in [5.41, 5.74) is 0. The van der Waals surface area contributed by atoms with Crippen LogP contribution >= 0.6 is 0 Å². The highest BCUT2D eigenvalue weighted by atomic mass is 16.4. The van der Waals surface area contributed by atoms with E-state index in [-0.39, 0.29) is 6.54 Å². The summed E-state index contributed by atoms with van der Waals surface area (Å²) in [6.45, 7) is 0.701. The zero-order valence-electron chi connectivity index (χ0n) is 17.2. The maximum Gasteiger partial charge on any atom is 0.359 e. The summed E-state index contributed by atoms with van der Waals surface area (Å²) in [5.74, 6) is -3.87. The number of rotatable bonds is 19.